The maximum absolute atomic E-state index is 12.1. The minimum absolute atomic E-state index is 0.0476. The molecule has 1 aliphatic rings. The molecule has 5 heteroatoms. The second-order valence-corrected chi connectivity index (χ2v) is 5.11. The molecule has 0 saturated heterocycles. The number of hydrogen-bond donors (Lipinski definition) is 1. The molecule has 0 radical (unpaired) electrons. The van der Waals surface area contributed by atoms with Gasteiger partial charge in [-0.2, -0.15) is 0 Å². The highest BCUT2D eigenvalue weighted by molar-refractivity contribution is 6.31. The number of nitrogens with zero attached hydrogens (tertiary/aromatic N) is 1. The SMILES string of the molecule is O=C(O)CCCCC(=O)N1CCc2ccc(Cl)cc21. The van der Waals surface area contributed by atoms with Gasteiger partial charge in [-0.15, -0.1) is 0 Å². The summed E-state index contributed by atoms with van der Waals surface area (Å²) in [6.07, 6.45) is 2.51. The Morgan fingerprint density at radius 1 is 1.26 bits per heavy atom. The smallest absolute Gasteiger partial charge is 0.303 e. The third-order valence-corrected chi connectivity index (χ3v) is 3.51. The lowest BCUT2D eigenvalue weighted by Crippen LogP contribution is -2.28. The Kier molecular flexibility index (Phi) is 4.43. The molecule has 1 aromatic carbocycles. The molecule has 0 fully saturated rings. The quantitative estimate of drug-likeness (QED) is 0.844. The molecule has 0 atom stereocenters. The van der Waals surface area contributed by atoms with Gasteiger partial charge in [-0.3, -0.25) is 9.59 Å². The van der Waals surface area contributed by atoms with E-state index in [0.717, 1.165) is 17.7 Å². The number of fused-ring (bicyclic) bond motifs is 1. The number of anilines is 1. The molecule has 19 heavy (non-hydrogen) atoms. The van der Waals surface area contributed by atoms with Gasteiger partial charge in [0.05, 0.1) is 0 Å². The van der Waals surface area contributed by atoms with Crippen molar-refractivity contribution in [3.8, 4) is 0 Å². The van der Waals surface area contributed by atoms with Crippen LogP contribution in [0.4, 0.5) is 5.69 Å². The van der Waals surface area contributed by atoms with Gasteiger partial charge in [0.1, 0.15) is 0 Å². The van der Waals surface area contributed by atoms with Crippen LogP contribution in [0.5, 0.6) is 0 Å². The molecule has 1 aromatic rings. The molecule has 1 N–H and O–H groups in total. The van der Waals surface area contributed by atoms with Crippen LogP contribution < -0.4 is 4.90 Å². The van der Waals surface area contributed by atoms with E-state index in [1.165, 1.54) is 0 Å². The van der Waals surface area contributed by atoms with E-state index in [1.807, 2.05) is 18.2 Å². The zero-order valence-corrected chi connectivity index (χ0v) is 11.3. The van der Waals surface area contributed by atoms with E-state index >= 15 is 0 Å². The average Bonchev–Trinajstić information content (AvgIpc) is 2.77. The maximum atomic E-state index is 12.1. The Morgan fingerprint density at radius 2 is 2.00 bits per heavy atom. The average molecular weight is 282 g/mol. The number of amides is 1. The van der Waals surface area contributed by atoms with Crippen LogP contribution in [-0.2, 0) is 16.0 Å². The van der Waals surface area contributed by atoms with Crippen molar-refractivity contribution in [1.29, 1.82) is 0 Å². The fourth-order valence-electron chi connectivity index (χ4n) is 2.30. The topological polar surface area (TPSA) is 57.6 Å². The molecule has 0 aliphatic carbocycles. The molecule has 1 amide bonds. The summed E-state index contributed by atoms with van der Waals surface area (Å²) in [5.41, 5.74) is 2.04. The fourth-order valence-corrected chi connectivity index (χ4v) is 2.47. The third kappa shape index (κ3) is 3.47. The molecule has 102 valence electrons. The summed E-state index contributed by atoms with van der Waals surface area (Å²) >= 11 is 5.95. The number of halogens is 1. The Morgan fingerprint density at radius 3 is 2.74 bits per heavy atom. The largest absolute Gasteiger partial charge is 0.481 e. The summed E-state index contributed by atoms with van der Waals surface area (Å²) in [6, 6.07) is 5.61. The molecule has 0 unspecified atom stereocenters. The van der Waals surface area contributed by atoms with Crippen molar-refractivity contribution < 1.29 is 14.7 Å². The lowest BCUT2D eigenvalue weighted by atomic mass is 10.1. The van der Waals surface area contributed by atoms with E-state index in [9.17, 15) is 9.59 Å². The number of carbonyl (C=O) groups excluding carboxylic acids is 1. The molecular formula is C14H16ClNO3. The minimum atomic E-state index is -0.814. The van der Waals surface area contributed by atoms with Gasteiger partial charge < -0.3 is 10.0 Å². The van der Waals surface area contributed by atoms with Crippen molar-refractivity contribution in [2.45, 2.75) is 32.1 Å². The van der Waals surface area contributed by atoms with Crippen LogP contribution in [0.15, 0.2) is 18.2 Å². The van der Waals surface area contributed by atoms with E-state index in [-0.39, 0.29) is 12.3 Å². The molecule has 1 heterocycles. The van der Waals surface area contributed by atoms with Gasteiger partial charge in [-0.05, 0) is 37.0 Å². The summed E-state index contributed by atoms with van der Waals surface area (Å²) in [4.78, 5) is 24.2. The first kappa shape index (κ1) is 13.9. The molecule has 0 aromatic heterocycles. The number of unbranched alkanes of at least 4 members (excludes halogenated alkanes) is 1. The highest BCUT2D eigenvalue weighted by atomic mass is 35.5. The van der Waals surface area contributed by atoms with Crippen molar-refractivity contribution in [3.63, 3.8) is 0 Å². The van der Waals surface area contributed by atoms with E-state index in [1.54, 1.807) is 4.90 Å². The van der Waals surface area contributed by atoms with Gasteiger partial charge in [0.25, 0.3) is 0 Å². The predicted molar refractivity (Wildman–Crippen MR) is 73.6 cm³/mol. The number of benzene rings is 1. The molecule has 2 rings (SSSR count). The van der Waals surface area contributed by atoms with Gasteiger partial charge >= 0.3 is 5.97 Å². The summed E-state index contributed by atoms with van der Waals surface area (Å²) in [6.45, 7) is 0.688. The molecular weight excluding hydrogens is 266 g/mol. The van der Waals surface area contributed by atoms with Gasteiger partial charge in [0.15, 0.2) is 0 Å². The number of carboxylic acid groups (broad SMARTS) is 1. The number of carboxylic acids is 1. The third-order valence-electron chi connectivity index (χ3n) is 3.28. The van der Waals surface area contributed by atoms with Crippen molar-refractivity contribution in [2.24, 2.45) is 0 Å². The summed E-state index contributed by atoms with van der Waals surface area (Å²) in [5, 5.41) is 9.17. The van der Waals surface area contributed by atoms with E-state index in [0.29, 0.717) is 30.8 Å². The van der Waals surface area contributed by atoms with Gasteiger partial charge in [0.2, 0.25) is 5.91 Å². The number of hydrogen-bond acceptors (Lipinski definition) is 2. The highest BCUT2D eigenvalue weighted by Gasteiger charge is 2.24. The summed E-state index contributed by atoms with van der Waals surface area (Å²) in [7, 11) is 0. The van der Waals surface area contributed by atoms with Crippen molar-refractivity contribution >= 4 is 29.2 Å². The second kappa shape index (κ2) is 6.06. The minimum Gasteiger partial charge on any atom is -0.481 e. The van der Waals surface area contributed by atoms with Gasteiger partial charge in [0, 0.05) is 30.1 Å². The van der Waals surface area contributed by atoms with E-state index in [2.05, 4.69) is 0 Å². The Hall–Kier alpha value is -1.55. The van der Waals surface area contributed by atoms with Crippen molar-refractivity contribution in [1.82, 2.24) is 0 Å². The second-order valence-electron chi connectivity index (χ2n) is 4.67. The van der Waals surface area contributed by atoms with Crippen molar-refractivity contribution in [3.05, 3.63) is 28.8 Å². The highest BCUT2D eigenvalue weighted by Crippen LogP contribution is 2.31. The van der Waals surface area contributed by atoms with Crippen molar-refractivity contribution in [2.75, 3.05) is 11.4 Å². The standard InChI is InChI=1S/C14H16ClNO3/c15-11-6-5-10-7-8-16(12(10)9-11)13(17)3-1-2-4-14(18)19/h5-6,9H,1-4,7-8H2,(H,18,19). The molecule has 1 aliphatic heterocycles. The predicted octanol–water partition coefficient (Wildman–Crippen LogP) is 2.87. The molecule has 0 spiro atoms. The van der Waals surface area contributed by atoms with E-state index in [4.69, 9.17) is 16.7 Å². The number of rotatable bonds is 5. The molecule has 0 bridgehead atoms. The van der Waals surface area contributed by atoms with Crippen LogP contribution >= 0.6 is 11.6 Å². The van der Waals surface area contributed by atoms with Gasteiger partial charge in [-0.25, -0.2) is 0 Å². The van der Waals surface area contributed by atoms with Crippen LogP contribution in [0.3, 0.4) is 0 Å². The van der Waals surface area contributed by atoms with Crippen LogP contribution in [0.1, 0.15) is 31.2 Å². The Bertz CT molecular complexity index is 501. The van der Waals surface area contributed by atoms with Crippen LogP contribution in [0.2, 0.25) is 5.02 Å². The lowest BCUT2D eigenvalue weighted by Gasteiger charge is -2.17. The first-order valence-electron chi connectivity index (χ1n) is 6.38. The fraction of sp³-hybridized carbons (Fsp3) is 0.429. The summed E-state index contributed by atoms with van der Waals surface area (Å²) in [5.74, 6) is -0.767. The first-order chi connectivity index (χ1) is 9.08. The zero-order chi connectivity index (χ0) is 13.8. The lowest BCUT2D eigenvalue weighted by molar-refractivity contribution is -0.137. The Labute approximate surface area is 117 Å². The monoisotopic (exact) mass is 281 g/mol. The number of aliphatic carboxylic acids is 1. The molecule has 0 saturated carbocycles. The maximum Gasteiger partial charge on any atom is 0.303 e. The van der Waals surface area contributed by atoms with Crippen LogP contribution in [0, 0.1) is 0 Å². The van der Waals surface area contributed by atoms with Crippen LogP contribution in [-0.4, -0.2) is 23.5 Å². The summed E-state index contributed by atoms with van der Waals surface area (Å²) < 4.78 is 0. The molecule has 4 nitrogen and oxygen atoms in total. The normalized spacial score (nSPS) is 13.4. The zero-order valence-electron chi connectivity index (χ0n) is 10.6. The number of carbonyl (C=O) groups is 2. The van der Waals surface area contributed by atoms with Gasteiger partial charge in [-0.1, -0.05) is 17.7 Å². The van der Waals surface area contributed by atoms with Crippen LogP contribution in [0.25, 0.3) is 0 Å². The first-order valence-corrected chi connectivity index (χ1v) is 6.76. The van der Waals surface area contributed by atoms with E-state index < -0.39 is 5.97 Å². The Balaban J connectivity index is 1.92.